The molecule has 0 amide bonds. The van der Waals surface area contributed by atoms with Crippen molar-refractivity contribution in [1.82, 2.24) is 9.88 Å². The molecule has 0 saturated carbocycles. The third-order valence-corrected chi connectivity index (χ3v) is 3.42. The van der Waals surface area contributed by atoms with Crippen LogP contribution in [0.15, 0.2) is 42.7 Å². The number of pyridine rings is 1. The van der Waals surface area contributed by atoms with Gasteiger partial charge in [-0.1, -0.05) is 11.6 Å². The second-order valence-corrected chi connectivity index (χ2v) is 5.09. The van der Waals surface area contributed by atoms with E-state index in [1.165, 1.54) is 17.7 Å². The molecule has 0 spiro atoms. The average molecular weight is 279 g/mol. The zero-order valence-electron chi connectivity index (χ0n) is 11.0. The summed E-state index contributed by atoms with van der Waals surface area (Å²) < 4.78 is 13.3. The van der Waals surface area contributed by atoms with Gasteiger partial charge in [-0.15, -0.1) is 0 Å². The maximum absolute atomic E-state index is 13.3. The molecular formula is C15H16ClFN2. The van der Waals surface area contributed by atoms with Crippen LogP contribution in [0.4, 0.5) is 4.39 Å². The maximum atomic E-state index is 13.3. The van der Waals surface area contributed by atoms with Gasteiger partial charge in [0.1, 0.15) is 5.82 Å². The molecule has 0 fully saturated rings. The number of nitrogens with zero attached hydrogens (tertiary/aromatic N) is 2. The van der Waals surface area contributed by atoms with Crippen LogP contribution in [-0.2, 0) is 6.54 Å². The summed E-state index contributed by atoms with van der Waals surface area (Å²) in [5, 5.41) is 0.431. The molecule has 2 rings (SSSR count). The molecule has 2 aromatic rings. The van der Waals surface area contributed by atoms with Gasteiger partial charge in [0.25, 0.3) is 0 Å². The standard InChI is InChI=1S/C15H16ClFN2/c1-11(13-3-5-18-6-4-13)19(2)10-12-7-14(16)9-15(17)8-12/h3-9,11H,10H2,1-2H3/t11-/m0/s1. The van der Waals surface area contributed by atoms with Crippen LogP contribution < -0.4 is 0 Å². The Balaban J connectivity index is 2.10. The molecule has 0 bridgehead atoms. The normalized spacial score (nSPS) is 12.7. The molecule has 0 saturated heterocycles. The summed E-state index contributed by atoms with van der Waals surface area (Å²) in [6.07, 6.45) is 3.55. The number of rotatable bonds is 4. The van der Waals surface area contributed by atoms with Gasteiger partial charge in [-0.2, -0.15) is 0 Å². The fourth-order valence-electron chi connectivity index (χ4n) is 2.02. The van der Waals surface area contributed by atoms with Gasteiger partial charge in [0, 0.05) is 30.0 Å². The van der Waals surface area contributed by atoms with Crippen LogP contribution in [0, 0.1) is 5.82 Å². The Bertz CT molecular complexity index is 525. The molecule has 100 valence electrons. The molecule has 1 aromatic heterocycles. The van der Waals surface area contributed by atoms with Crippen molar-refractivity contribution in [1.29, 1.82) is 0 Å². The van der Waals surface area contributed by atoms with Crippen LogP contribution in [-0.4, -0.2) is 16.9 Å². The first-order valence-corrected chi connectivity index (χ1v) is 6.49. The largest absolute Gasteiger partial charge is 0.295 e. The highest BCUT2D eigenvalue weighted by molar-refractivity contribution is 6.30. The van der Waals surface area contributed by atoms with Crippen molar-refractivity contribution in [3.63, 3.8) is 0 Å². The lowest BCUT2D eigenvalue weighted by molar-refractivity contribution is 0.252. The van der Waals surface area contributed by atoms with Crippen LogP contribution in [0.1, 0.15) is 24.1 Å². The van der Waals surface area contributed by atoms with Crippen LogP contribution in [0.2, 0.25) is 5.02 Å². The fraction of sp³-hybridized carbons (Fsp3) is 0.267. The van der Waals surface area contributed by atoms with E-state index in [0.29, 0.717) is 11.6 Å². The van der Waals surface area contributed by atoms with Crippen LogP contribution in [0.25, 0.3) is 0 Å². The SMILES string of the molecule is C[C@@H](c1ccncc1)N(C)Cc1cc(F)cc(Cl)c1. The fourth-order valence-corrected chi connectivity index (χ4v) is 2.27. The topological polar surface area (TPSA) is 16.1 Å². The lowest BCUT2D eigenvalue weighted by atomic mass is 10.1. The van der Waals surface area contributed by atoms with Crippen molar-refractivity contribution in [3.8, 4) is 0 Å². The highest BCUT2D eigenvalue weighted by Crippen LogP contribution is 2.21. The quantitative estimate of drug-likeness (QED) is 0.838. The summed E-state index contributed by atoms with van der Waals surface area (Å²) in [5.41, 5.74) is 2.05. The molecule has 1 aromatic carbocycles. The summed E-state index contributed by atoms with van der Waals surface area (Å²) >= 11 is 5.86. The first kappa shape index (κ1) is 14.0. The third-order valence-electron chi connectivity index (χ3n) is 3.20. The van der Waals surface area contributed by atoms with Gasteiger partial charge < -0.3 is 0 Å². The minimum absolute atomic E-state index is 0.227. The summed E-state index contributed by atoms with van der Waals surface area (Å²) in [7, 11) is 2.00. The van der Waals surface area contributed by atoms with E-state index in [4.69, 9.17) is 11.6 Å². The average Bonchev–Trinajstić information content (AvgIpc) is 2.37. The summed E-state index contributed by atoms with van der Waals surface area (Å²) in [6.45, 7) is 2.75. The van der Waals surface area contributed by atoms with Gasteiger partial charge in [0.15, 0.2) is 0 Å². The van der Waals surface area contributed by atoms with Crippen molar-refractivity contribution < 1.29 is 4.39 Å². The molecule has 0 N–H and O–H groups in total. The Morgan fingerprint density at radius 3 is 2.58 bits per heavy atom. The lowest BCUT2D eigenvalue weighted by Crippen LogP contribution is -2.22. The second-order valence-electron chi connectivity index (χ2n) is 4.65. The van der Waals surface area contributed by atoms with Gasteiger partial charge in [-0.05, 0) is 55.4 Å². The van der Waals surface area contributed by atoms with Gasteiger partial charge in [0.05, 0.1) is 0 Å². The Labute approximate surface area is 117 Å². The summed E-state index contributed by atoms with van der Waals surface area (Å²) in [4.78, 5) is 6.15. The van der Waals surface area contributed by atoms with Crippen molar-refractivity contribution >= 4 is 11.6 Å². The molecule has 1 heterocycles. The predicted octanol–water partition coefficient (Wildman–Crippen LogP) is 4.07. The Hall–Kier alpha value is -1.45. The molecule has 4 heteroatoms. The second kappa shape index (κ2) is 6.13. The van der Waals surface area contributed by atoms with E-state index in [0.717, 1.165) is 5.56 Å². The number of hydrogen-bond acceptors (Lipinski definition) is 2. The van der Waals surface area contributed by atoms with Gasteiger partial charge in [0.2, 0.25) is 0 Å². The molecular weight excluding hydrogens is 263 g/mol. The van der Waals surface area contributed by atoms with Crippen LogP contribution >= 0.6 is 11.6 Å². The molecule has 0 aliphatic heterocycles. The number of hydrogen-bond donors (Lipinski definition) is 0. The minimum Gasteiger partial charge on any atom is -0.295 e. The summed E-state index contributed by atoms with van der Waals surface area (Å²) in [5.74, 6) is -0.299. The van der Waals surface area contributed by atoms with Crippen LogP contribution in [0.3, 0.4) is 0 Å². The first-order valence-electron chi connectivity index (χ1n) is 6.11. The monoisotopic (exact) mass is 278 g/mol. The van der Waals surface area contributed by atoms with E-state index < -0.39 is 0 Å². The highest BCUT2D eigenvalue weighted by Gasteiger charge is 2.12. The Kier molecular flexibility index (Phi) is 4.51. The predicted molar refractivity (Wildman–Crippen MR) is 75.5 cm³/mol. The molecule has 0 radical (unpaired) electrons. The lowest BCUT2D eigenvalue weighted by Gasteiger charge is -2.25. The molecule has 0 aliphatic carbocycles. The number of halogens is 2. The van der Waals surface area contributed by atoms with Gasteiger partial charge in [-0.3, -0.25) is 9.88 Å². The van der Waals surface area contributed by atoms with Gasteiger partial charge in [-0.25, -0.2) is 4.39 Å². The molecule has 0 unspecified atom stereocenters. The molecule has 0 aliphatic rings. The van der Waals surface area contributed by atoms with E-state index in [-0.39, 0.29) is 11.9 Å². The number of aromatic nitrogens is 1. The van der Waals surface area contributed by atoms with E-state index in [2.05, 4.69) is 16.8 Å². The van der Waals surface area contributed by atoms with E-state index >= 15 is 0 Å². The van der Waals surface area contributed by atoms with Crippen molar-refractivity contribution in [2.75, 3.05) is 7.05 Å². The van der Waals surface area contributed by atoms with Crippen molar-refractivity contribution in [2.45, 2.75) is 19.5 Å². The van der Waals surface area contributed by atoms with Gasteiger partial charge >= 0.3 is 0 Å². The third kappa shape index (κ3) is 3.75. The maximum Gasteiger partial charge on any atom is 0.125 e. The van der Waals surface area contributed by atoms with E-state index in [9.17, 15) is 4.39 Å². The van der Waals surface area contributed by atoms with Crippen LogP contribution in [0.5, 0.6) is 0 Å². The van der Waals surface area contributed by atoms with E-state index in [1.807, 2.05) is 19.2 Å². The van der Waals surface area contributed by atoms with Crippen molar-refractivity contribution in [2.24, 2.45) is 0 Å². The summed E-state index contributed by atoms with van der Waals surface area (Å²) in [6, 6.07) is 8.82. The Morgan fingerprint density at radius 2 is 1.95 bits per heavy atom. The highest BCUT2D eigenvalue weighted by atomic mass is 35.5. The molecule has 19 heavy (non-hydrogen) atoms. The molecule has 2 nitrogen and oxygen atoms in total. The first-order chi connectivity index (χ1) is 9.06. The smallest absolute Gasteiger partial charge is 0.125 e. The van der Waals surface area contributed by atoms with Crippen molar-refractivity contribution in [3.05, 3.63) is 64.7 Å². The zero-order chi connectivity index (χ0) is 13.8. The minimum atomic E-state index is -0.299. The number of benzene rings is 1. The molecule has 1 atom stereocenters. The Morgan fingerprint density at radius 1 is 1.26 bits per heavy atom. The van der Waals surface area contributed by atoms with E-state index in [1.54, 1.807) is 18.5 Å². The zero-order valence-corrected chi connectivity index (χ0v) is 11.7.